The van der Waals surface area contributed by atoms with Gasteiger partial charge in [-0.15, -0.1) is 0 Å². The molecule has 1 heteroatoms. The van der Waals surface area contributed by atoms with Crippen molar-refractivity contribution in [1.82, 2.24) is 5.32 Å². The molecule has 0 aliphatic heterocycles. The van der Waals surface area contributed by atoms with Crippen LogP contribution < -0.4 is 5.32 Å². The Morgan fingerprint density at radius 1 is 0.950 bits per heavy atom. The molecular weight excluding hydrogens is 242 g/mol. The molecule has 20 heavy (non-hydrogen) atoms. The second-order valence-electron chi connectivity index (χ2n) is 5.95. The van der Waals surface area contributed by atoms with Crippen molar-refractivity contribution < 1.29 is 0 Å². The summed E-state index contributed by atoms with van der Waals surface area (Å²) in [4.78, 5) is 0. The van der Waals surface area contributed by atoms with Crippen LogP contribution in [-0.2, 0) is 0 Å². The van der Waals surface area contributed by atoms with Crippen LogP contribution in [0.5, 0.6) is 0 Å². The molecule has 2 atom stereocenters. The molecular formula is C19H37N. The van der Waals surface area contributed by atoms with E-state index in [1.54, 1.807) is 0 Å². The van der Waals surface area contributed by atoms with E-state index in [-0.39, 0.29) is 0 Å². The highest BCUT2D eigenvalue weighted by molar-refractivity contribution is 4.93. The van der Waals surface area contributed by atoms with Crippen LogP contribution in [0.15, 0.2) is 24.3 Å². The van der Waals surface area contributed by atoms with E-state index in [1.165, 1.54) is 45.2 Å². The maximum absolute atomic E-state index is 3.57. The van der Waals surface area contributed by atoms with Gasteiger partial charge in [0.2, 0.25) is 0 Å². The molecule has 0 aromatic carbocycles. The first-order valence-electron chi connectivity index (χ1n) is 8.76. The standard InChI is InChI=1S/C19H37N/c1-5-8-11-13-19(12-9-6-2)15-14-18(4)17-20-16-10-7-3/h8-9,11-12,18-20H,5-7,10,13-17H2,1-4H3/b11-8+,12-9-/t18?,19-/m0/s1. The zero-order valence-corrected chi connectivity index (χ0v) is 14.3. The normalized spacial score (nSPS) is 15.2. The fraction of sp³-hybridized carbons (Fsp3) is 0.789. The van der Waals surface area contributed by atoms with Crippen molar-refractivity contribution in [3.05, 3.63) is 24.3 Å². The Morgan fingerprint density at radius 2 is 1.70 bits per heavy atom. The molecule has 0 aromatic rings. The molecule has 0 spiro atoms. The summed E-state index contributed by atoms with van der Waals surface area (Å²) < 4.78 is 0. The lowest BCUT2D eigenvalue weighted by Crippen LogP contribution is -2.22. The highest BCUT2D eigenvalue weighted by Crippen LogP contribution is 2.18. The third kappa shape index (κ3) is 12.5. The lowest BCUT2D eigenvalue weighted by molar-refractivity contribution is 0.429. The van der Waals surface area contributed by atoms with Crippen LogP contribution in [0.2, 0.25) is 0 Å². The molecule has 0 aliphatic carbocycles. The third-order valence-corrected chi connectivity index (χ3v) is 3.72. The van der Waals surface area contributed by atoms with Crippen molar-refractivity contribution >= 4 is 0 Å². The van der Waals surface area contributed by atoms with Gasteiger partial charge in [-0.1, -0.05) is 58.4 Å². The van der Waals surface area contributed by atoms with Crippen LogP contribution in [0.1, 0.15) is 72.6 Å². The number of unbranched alkanes of at least 4 members (excludes halogenated alkanes) is 1. The van der Waals surface area contributed by atoms with E-state index < -0.39 is 0 Å². The van der Waals surface area contributed by atoms with E-state index in [1.807, 2.05) is 0 Å². The maximum atomic E-state index is 3.57. The molecule has 1 N–H and O–H groups in total. The number of allylic oxidation sites excluding steroid dienone is 4. The largest absolute Gasteiger partial charge is 0.316 e. The average molecular weight is 280 g/mol. The summed E-state index contributed by atoms with van der Waals surface area (Å²) in [6.07, 6.45) is 18.2. The Balaban J connectivity index is 3.91. The highest BCUT2D eigenvalue weighted by atomic mass is 14.8. The summed E-state index contributed by atoms with van der Waals surface area (Å²) in [7, 11) is 0. The lowest BCUT2D eigenvalue weighted by Gasteiger charge is -2.16. The summed E-state index contributed by atoms with van der Waals surface area (Å²) in [6.45, 7) is 11.4. The highest BCUT2D eigenvalue weighted by Gasteiger charge is 2.07. The molecule has 0 amide bonds. The minimum Gasteiger partial charge on any atom is -0.316 e. The Kier molecular flexibility index (Phi) is 14.4. The summed E-state index contributed by atoms with van der Waals surface area (Å²) in [5.41, 5.74) is 0. The molecule has 0 saturated carbocycles. The number of hydrogen-bond acceptors (Lipinski definition) is 1. The van der Waals surface area contributed by atoms with Crippen LogP contribution in [0, 0.1) is 11.8 Å². The zero-order valence-electron chi connectivity index (χ0n) is 14.3. The summed E-state index contributed by atoms with van der Waals surface area (Å²) >= 11 is 0. The molecule has 0 rings (SSSR count). The van der Waals surface area contributed by atoms with Gasteiger partial charge in [-0.2, -0.15) is 0 Å². The second kappa shape index (κ2) is 14.8. The number of nitrogens with one attached hydrogen (secondary N) is 1. The van der Waals surface area contributed by atoms with Gasteiger partial charge >= 0.3 is 0 Å². The quantitative estimate of drug-likeness (QED) is 0.335. The van der Waals surface area contributed by atoms with Crippen molar-refractivity contribution in [3.63, 3.8) is 0 Å². The van der Waals surface area contributed by atoms with Gasteiger partial charge in [-0.3, -0.25) is 0 Å². The molecule has 0 fully saturated rings. The first-order chi connectivity index (χ1) is 9.74. The number of hydrogen-bond donors (Lipinski definition) is 1. The topological polar surface area (TPSA) is 12.0 Å². The van der Waals surface area contributed by atoms with E-state index in [9.17, 15) is 0 Å². The summed E-state index contributed by atoms with van der Waals surface area (Å²) in [6, 6.07) is 0. The van der Waals surface area contributed by atoms with Gasteiger partial charge in [0, 0.05) is 0 Å². The van der Waals surface area contributed by atoms with Crippen molar-refractivity contribution in [3.8, 4) is 0 Å². The van der Waals surface area contributed by atoms with Crippen LogP contribution >= 0.6 is 0 Å². The summed E-state index contributed by atoms with van der Waals surface area (Å²) in [5.74, 6) is 1.52. The van der Waals surface area contributed by atoms with Crippen molar-refractivity contribution in [2.45, 2.75) is 72.6 Å². The van der Waals surface area contributed by atoms with Gasteiger partial charge in [-0.05, 0) is 63.5 Å². The van der Waals surface area contributed by atoms with E-state index in [0.717, 1.165) is 24.7 Å². The molecule has 0 saturated heterocycles. The van der Waals surface area contributed by atoms with Gasteiger partial charge in [0.25, 0.3) is 0 Å². The molecule has 118 valence electrons. The fourth-order valence-electron chi connectivity index (χ4n) is 2.31. The SMILES string of the molecule is CC/C=C\[C@@H](C/C=C/CC)CCC(C)CNCCCC. The zero-order chi connectivity index (χ0) is 15.1. The smallest absolute Gasteiger partial charge is 0.00232 e. The van der Waals surface area contributed by atoms with Gasteiger partial charge in [0.1, 0.15) is 0 Å². The van der Waals surface area contributed by atoms with E-state index >= 15 is 0 Å². The Labute approximate surface area is 127 Å². The van der Waals surface area contributed by atoms with E-state index in [0.29, 0.717) is 0 Å². The molecule has 0 bridgehead atoms. The monoisotopic (exact) mass is 279 g/mol. The number of rotatable bonds is 13. The van der Waals surface area contributed by atoms with E-state index in [4.69, 9.17) is 0 Å². The second-order valence-corrected chi connectivity index (χ2v) is 5.95. The molecule has 0 radical (unpaired) electrons. The van der Waals surface area contributed by atoms with Gasteiger partial charge in [0.05, 0.1) is 0 Å². The minimum absolute atomic E-state index is 0.732. The predicted molar refractivity (Wildman–Crippen MR) is 93.1 cm³/mol. The fourth-order valence-corrected chi connectivity index (χ4v) is 2.31. The van der Waals surface area contributed by atoms with Gasteiger partial charge < -0.3 is 5.32 Å². The predicted octanol–water partition coefficient (Wildman–Crippen LogP) is 5.73. The molecule has 0 aromatic heterocycles. The van der Waals surface area contributed by atoms with Crippen LogP contribution in [0.3, 0.4) is 0 Å². The third-order valence-electron chi connectivity index (χ3n) is 3.72. The van der Waals surface area contributed by atoms with Crippen molar-refractivity contribution in [1.29, 1.82) is 0 Å². The van der Waals surface area contributed by atoms with Crippen molar-refractivity contribution in [2.75, 3.05) is 13.1 Å². The van der Waals surface area contributed by atoms with E-state index in [2.05, 4.69) is 57.3 Å². The molecule has 0 heterocycles. The Bertz CT molecular complexity index is 242. The van der Waals surface area contributed by atoms with Crippen molar-refractivity contribution in [2.24, 2.45) is 11.8 Å². The van der Waals surface area contributed by atoms with Gasteiger partial charge in [0.15, 0.2) is 0 Å². The first-order valence-corrected chi connectivity index (χ1v) is 8.76. The van der Waals surface area contributed by atoms with Gasteiger partial charge in [-0.25, -0.2) is 0 Å². The average Bonchev–Trinajstić information content (AvgIpc) is 2.46. The maximum Gasteiger partial charge on any atom is -0.00232 e. The summed E-state index contributed by atoms with van der Waals surface area (Å²) in [5, 5.41) is 3.57. The van der Waals surface area contributed by atoms with Crippen LogP contribution in [0.4, 0.5) is 0 Å². The molecule has 0 aliphatic rings. The lowest BCUT2D eigenvalue weighted by atomic mass is 9.93. The van der Waals surface area contributed by atoms with Crippen LogP contribution in [0.25, 0.3) is 0 Å². The minimum atomic E-state index is 0.732. The molecule has 1 unspecified atom stereocenters. The first kappa shape index (κ1) is 19.4. The molecule has 1 nitrogen and oxygen atoms in total. The van der Waals surface area contributed by atoms with Crippen LogP contribution in [-0.4, -0.2) is 13.1 Å². The Hall–Kier alpha value is -0.560. The Morgan fingerprint density at radius 3 is 2.35 bits per heavy atom.